The molecule has 3 rings (SSSR count). The SMILES string of the molecule is COc1cccc2c(-c3cc(N)ccn3)cn(C)c12. The van der Waals surface area contributed by atoms with Gasteiger partial charge in [-0.15, -0.1) is 0 Å². The number of ether oxygens (including phenoxy) is 1. The highest BCUT2D eigenvalue weighted by atomic mass is 16.5. The molecule has 0 fully saturated rings. The summed E-state index contributed by atoms with van der Waals surface area (Å²) in [5.41, 5.74) is 9.54. The maximum atomic E-state index is 5.83. The number of para-hydroxylation sites is 1. The molecule has 0 unspecified atom stereocenters. The lowest BCUT2D eigenvalue weighted by Crippen LogP contribution is -1.89. The Morgan fingerprint density at radius 1 is 1.26 bits per heavy atom. The maximum absolute atomic E-state index is 5.83. The van der Waals surface area contributed by atoms with Crippen molar-refractivity contribution in [3.63, 3.8) is 0 Å². The number of nitrogens with two attached hydrogens (primary N) is 1. The van der Waals surface area contributed by atoms with E-state index in [9.17, 15) is 0 Å². The predicted molar refractivity (Wildman–Crippen MR) is 77.1 cm³/mol. The van der Waals surface area contributed by atoms with Crippen LogP contribution in [-0.2, 0) is 7.05 Å². The zero-order valence-corrected chi connectivity index (χ0v) is 10.9. The Labute approximate surface area is 111 Å². The molecule has 0 aliphatic rings. The van der Waals surface area contributed by atoms with Crippen LogP contribution in [0.2, 0.25) is 0 Å². The number of aryl methyl sites for hydroxylation is 1. The van der Waals surface area contributed by atoms with Gasteiger partial charge in [0.2, 0.25) is 0 Å². The van der Waals surface area contributed by atoms with Crippen molar-refractivity contribution in [2.45, 2.75) is 0 Å². The number of hydrogen-bond acceptors (Lipinski definition) is 3. The molecule has 19 heavy (non-hydrogen) atoms. The first kappa shape index (κ1) is 11.6. The summed E-state index contributed by atoms with van der Waals surface area (Å²) in [6, 6.07) is 9.68. The minimum Gasteiger partial charge on any atom is -0.495 e. The highest BCUT2D eigenvalue weighted by molar-refractivity contribution is 5.98. The van der Waals surface area contributed by atoms with E-state index in [1.165, 1.54) is 0 Å². The number of anilines is 1. The van der Waals surface area contributed by atoms with Gasteiger partial charge in [-0.2, -0.15) is 0 Å². The second-order valence-corrected chi connectivity index (χ2v) is 4.48. The first-order chi connectivity index (χ1) is 9.20. The van der Waals surface area contributed by atoms with Crippen LogP contribution in [0, 0.1) is 0 Å². The fourth-order valence-electron chi connectivity index (χ4n) is 2.39. The monoisotopic (exact) mass is 253 g/mol. The van der Waals surface area contributed by atoms with Crippen LogP contribution in [0.3, 0.4) is 0 Å². The number of aromatic nitrogens is 2. The van der Waals surface area contributed by atoms with Gasteiger partial charge in [0.05, 0.1) is 18.3 Å². The maximum Gasteiger partial charge on any atom is 0.143 e. The number of fused-ring (bicyclic) bond motifs is 1. The Hall–Kier alpha value is -2.49. The molecule has 0 aliphatic heterocycles. The van der Waals surface area contributed by atoms with E-state index in [4.69, 9.17) is 10.5 Å². The van der Waals surface area contributed by atoms with E-state index in [1.54, 1.807) is 19.4 Å². The number of nitrogen functional groups attached to an aromatic ring is 1. The van der Waals surface area contributed by atoms with Crippen molar-refractivity contribution in [3.8, 4) is 17.0 Å². The van der Waals surface area contributed by atoms with Gasteiger partial charge in [-0.1, -0.05) is 12.1 Å². The lowest BCUT2D eigenvalue weighted by Gasteiger charge is -2.04. The van der Waals surface area contributed by atoms with E-state index in [2.05, 4.69) is 17.2 Å². The van der Waals surface area contributed by atoms with Crippen molar-refractivity contribution >= 4 is 16.6 Å². The molecule has 0 spiro atoms. The summed E-state index contributed by atoms with van der Waals surface area (Å²) in [5, 5.41) is 1.11. The van der Waals surface area contributed by atoms with Crippen molar-refractivity contribution in [3.05, 3.63) is 42.7 Å². The highest BCUT2D eigenvalue weighted by Crippen LogP contribution is 2.34. The minimum absolute atomic E-state index is 0.713. The van der Waals surface area contributed by atoms with Gasteiger partial charge >= 0.3 is 0 Å². The van der Waals surface area contributed by atoms with E-state index in [-0.39, 0.29) is 0 Å². The zero-order valence-electron chi connectivity index (χ0n) is 10.9. The van der Waals surface area contributed by atoms with Crippen LogP contribution < -0.4 is 10.5 Å². The second-order valence-electron chi connectivity index (χ2n) is 4.48. The molecule has 2 aromatic heterocycles. The summed E-state index contributed by atoms with van der Waals surface area (Å²) in [4.78, 5) is 4.39. The molecule has 0 bridgehead atoms. The third-order valence-corrected chi connectivity index (χ3v) is 3.24. The summed E-state index contributed by atoms with van der Waals surface area (Å²) >= 11 is 0. The van der Waals surface area contributed by atoms with E-state index >= 15 is 0 Å². The summed E-state index contributed by atoms with van der Waals surface area (Å²) in [6.07, 6.45) is 3.78. The van der Waals surface area contributed by atoms with E-state index in [1.807, 2.05) is 29.8 Å². The zero-order chi connectivity index (χ0) is 13.4. The fraction of sp³-hybridized carbons (Fsp3) is 0.133. The first-order valence-electron chi connectivity index (χ1n) is 6.04. The number of hydrogen-bond donors (Lipinski definition) is 1. The Kier molecular flexibility index (Phi) is 2.63. The lowest BCUT2D eigenvalue weighted by molar-refractivity contribution is 0.418. The van der Waals surface area contributed by atoms with E-state index in [0.29, 0.717) is 5.69 Å². The van der Waals surface area contributed by atoms with Gasteiger partial charge in [0, 0.05) is 36.1 Å². The minimum atomic E-state index is 0.713. The van der Waals surface area contributed by atoms with Crippen molar-refractivity contribution < 1.29 is 4.74 Å². The summed E-state index contributed by atoms with van der Waals surface area (Å²) in [5.74, 6) is 0.857. The third-order valence-electron chi connectivity index (χ3n) is 3.24. The Bertz CT molecular complexity index is 746. The Morgan fingerprint density at radius 3 is 2.84 bits per heavy atom. The van der Waals surface area contributed by atoms with Crippen molar-refractivity contribution in [2.24, 2.45) is 7.05 Å². The average Bonchev–Trinajstić information content (AvgIpc) is 2.76. The smallest absolute Gasteiger partial charge is 0.143 e. The predicted octanol–water partition coefficient (Wildman–Crippen LogP) is 2.83. The lowest BCUT2D eigenvalue weighted by atomic mass is 10.1. The number of benzene rings is 1. The van der Waals surface area contributed by atoms with Crippen LogP contribution in [0.15, 0.2) is 42.7 Å². The Balaban J connectivity index is 2.31. The molecule has 0 saturated carbocycles. The fourth-order valence-corrected chi connectivity index (χ4v) is 2.39. The molecule has 2 N–H and O–H groups in total. The number of rotatable bonds is 2. The number of methoxy groups -OCH3 is 1. The van der Waals surface area contributed by atoms with Gasteiger partial charge in [-0.25, -0.2) is 0 Å². The molecular weight excluding hydrogens is 238 g/mol. The molecule has 0 aliphatic carbocycles. The van der Waals surface area contributed by atoms with Gasteiger partial charge in [0.1, 0.15) is 5.75 Å². The molecule has 0 amide bonds. The molecule has 3 aromatic rings. The quantitative estimate of drug-likeness (QED) is 0.764. The molecular formula is C15H15N3O. The van der Waals surface area contributed by atoms with Gasteiger partial charge in [-0.05, 0) is 18.2 Å². The van der Waals surface area contributed by atoms with Crippen LogP contribution >= 0.6 is 0 Å². The molecule has 0 saturated heterocycles. The third kappa shape index (κ3) is 1.81. The Morgan fingerprint density at radius 2 is 2.11 bits per heavy atom. The molecule has 0 radical (unpaired) electrons. The molecule has 96 valence electrons. The molecule has 1 aromatic carbocycles. The van der Waals surface area contributed by atoms with Gasteiger partial charge in [-0.3, -0.25) is 4.98 Å². The summed E-state index contributed by atoms with van der Waals surface area (Å²) < 4.78 is 7.47. The van der Waals surface area contributed by atoms with Crippen molar-refractivity contribution in [1.29, 1.82) is 0 Å². The van der Waals surface area contributed by atoms with Crippen molar-refractivity contribution in [1.82, 2.24) is 9.55 Å². The largest absolute Gasteiger partial charge is 0.495 e. The van der Waals surface area contributed by atoms with Gasteiger partial charge in [0.15, 0.2) is 0 Å². The molecule has 4 nitrogen and oxygen atoms in total. The molecule has 0 atom stereocenters. The molecule has 4 heteroatoms. The number of nitrogens with zero attached hydrogens (tertiary/aromatic N) is 2. The highest BCUT2D eigenvalue weighted by Gasteiger charge is 2.13. The van der Waals surface area contributed by atoms with E-state index in [0.717, 1.165) is 27.9 Å². The van der Waals surface area contributed by atoms with E-state index < -0.39 is 0 Å². The first-order valence-corrected chi connectivity index (χ1v) is 6.04. The van der Waals surface area contributed by atoms with Crippen LogP contribution in [0.25, 0.3) is 22.2 Å². The van der Waals surface area contributed by atoms with Gasteiger partial charge in [0.25, 0.3) is 0 Å². The summed E-state index contributed by atoms with van der Waals surface area (Å²) in [6.45, 7) is 0. The number of pyridine rings is 1. The summed E-state index contributed by atoms with van der Waals surface area (Å²) in [7, 11) is 3.68. The standard InChI is InChI=1S/C15H15N3O/c1-18-9-12(13-8-10(16)6-7-17-13)11-4-3-5-14(19-2)15(11)18/h3-9H,1-2H3,(H2,16,17). The molecule has 2 heterocycles. The van der Waals surface area contributed by atoms with Gasteiger partial charge < -0.3 is 15.0 Å². The van der Waals surface area contributed by atoms with Crippen molar-refractivity contribution in [2.75, 3.05) is 12.8 Å². The average molecular weight is 253 g/mol. The van der Waals surface area contributed by atoms with Crippen LogP contribution in [0.1, 0.15) is 0 Å². The van der Waals surface area contributed by atoms with Crippen LogP contribution in [-0.4, -0.2) is 16.7 Å². The second kappa shape index (κ2) is 4.31. The topological polar surface area (TPSA) is 53.1 Å². The van der Waals surface area contributed by atoms with Crippen LogP contribution in [0.5, 0.6) is 5.75 Å². The van der Waals surface area contributed by atoms with Crippen LogP contribution in [0.4, 0.5) is 5.69 Å². The normalized spacial score (nSPS) is 10.8.